The van der Waals surface area contributed by atoms with Gasteiger partial charge >= 0.3 is 0 Å². The first kappa shape index (κ1) is 20.7. The molecule has 0 amide bonds. The third-order valence-corrected chi connectivity index (χ3v) is 4.92. The molecule has 124 valence electrons. The fourth-order valence-electron chi connectivity index (χ4n) is 3.70. The smallest absolute Gasteiger partial charge is 0 e. The molecule has 0 aliphatic rings. The van der Waals surface area contributed by atoms with E-state index in [1.165, 1.54) is 26.9 Å². The summed E-state index contributed by atoms with van der Waals surface area (Å²) in [6, 6.07) is 34.1. The van der Waals surface area contributed by atoms with Crippen LogP contribution in [-0.2, 0) is 65.4 Å². The Hall–Kier alpha value is -1.04. The number of fused-ring (bicyclic) bond motifs is 4. The Labute approximate surface area is 210 Å². The maximum absolute atomic E-state index is 4.44. The second kappa shape index (κ2) is 8.54. The first-order chi connectivity index (χ1) is 12.3. The molecule has 0 saturated carbocycles. The molecule has 2 heteroatoms. The van der Waals surface area contributed by atoms with Crippen molar-refractivity contribution in [3.63, 3.8) is 0 Å². The number of benzene rings is 5. The average molecular weight is 493 g/mol. The number of hydrogen-bond donors (Lipinski definition) is 0. The largest absolute Gasteiger partial charge is 0.192 e. The van der Waals surface area contributed by atoms with Crippen LogP contribution in [0, 0.1) is 19.1 Å². The Kier molecular flexibility index (Phi) is 6.54. The zero-order valence-corrected chi connectivity index (χ0v) is 20.5. The van der Waals surface area contributed by atoms with Gasteiger partial charge in [-0.3, -0.25) is 0 Å². The fraction of sp³-hybridized carbons (Fsp3) is 0. The molecule has 0 bridgehead atoms. The maximum atomic E-state index is 4.44. The van der Waals surface area contributed by atoms with Crippen molar-refractivity contribution < 1.29 is 65.4 Å². The number of hydrogen-bond acceptors (Lipinski definition) is 0. The minimum Gasteiger partial charge on any atom is -0.192 e. The van der Waals surface area contributed by atoms with E-state index in [2.05, 4.69) is 79.7 Å². The van der Waals surface area contributed by atoms with Gasteiger partial charge in [0.05, 0.1) is 0 Å². The van der Waals surface area contributed by atoms with Crippen molar-refractivity contribution in [2.45, 2.75) is 0 Å². The van der Waals surface area contributed by atoms with E-state index in [0.29, 0.717) is 0 Å². The van der Waals surface area contributed by atoms with Gasteiger partial charge in [0.1, 0.15) is 0 Å². The zero-order valence-electron chi connectivity index (χ0n) is 14.9. The molecule has 0 aliphatic carbocycles. The zero-order chi connectivity index (χ0) is 16.8. The monoisotopic (exact) mass is 493 g/mol. The van der Waals surface area contributed by atoms with E-state index in [1.807, 2.05) is 18.2 Å². The van der Waals surface area contributed by atoms with Gasteiger partial charge in [0.15, 0.2) is 0 Å². The van der Waals surface area contributed by atoms with Crippen molar-refractivity contribution in [1.82, 2.24) is 0 Å². The maximum Gasteiger partial charge on any atom is 0 e. The quantitative estimate of drug-likeness (QED) is 0.183. The normalized spacial score (nSPS) is 10.5. The molecule has 0 saturated heterocycles. The van der Waals surface area contributed by atoms with Gasteiger partial charge in [0.2, 0.25) is 0 Å². The van der Waals surface area contributed by atoms with Gasteiger partial charge in [-0.25, -0.2) is 0 Å². The summed E-state index contributed by atoms with van der Waals surface area (Å²) in [5.74, 6) is 0. The van der Waals surface area contributed by atoms with Crippen molar-refractivity contribution in [3.8, 4) is 11.1 Å². The Balaban J connectivity index is 0.00000105. The average Bonchev–Trinajstić information content (AvgIpc) is 2.68. The van der Waals surface area contributed by atoms with Gasteiger partial charge in [0.25, 0.3) is 0 Å². The Morgan fingerprint density at radius 2 is 1.37 bits per heavy atom. The van der Waals surface area contributed by atoms with Crippen LogP contribution in [0.5, 0.6) is 0 Å². The summed E-state index contributed by atoms with van der Waals surface area (Å²) >= 11 is 0. The minimum absolute atomic E-state index is 0. The molecular weight excluding hydrogens is 478 g/mol. The van der Waals surface area contributed by atoms with Crippen LogP contribution in [0.2, 0.25) is 0 Å². The van der Waals surface area contributed by atoms with Crippen molar-refractivity contribution in [1.29, 1.82) is 0 Å². The van der Waals surface area contributed by atoms with Crippen LogP contribution in [0.4, 0.5) is 0 Å². The van der Waals surface area contributed by atoms with Crippen LogP contribution in [0.25, 0.3) is 43.4 Å². The molecule has 5 rings (SSSR count). The van der Waals surface area contributed by atoms with Crippen LogP contribution in [0.1, 0.15) is 5.56 Å². The molecular formula is C25H15Y2-3. The molecule has 0 nitrogen and oxygen atoms in total. The van der Waals surface area contributed by atoms with E-state index >= 15 is 0 Å². The molecule has 0 spiro atoms. The predicted molar refractivity (Wildman–Crippen MR) is 107 cm³/mol. The standard InChI is InChI=1S/C25H15.2Y/c1-17-21(24-12-6-9-18-7-2-4-10-22(18)24)16-15-20-14-13-19-8-3-5-11-23(19)25(17)20;;/h2-10,13-16H,1H2;;/q-3;;. The molecule has 0 fully saturated rings. The summed E-state index contributed by atoms with van der Waals surface area (Å²) in [6.07, 6.45) is 0. The second-order valence-corrected chi connectivity index (χ2v) is 6.33. The fourth-order valence-corrected chi connectivity index (χ4v) is 3.70. The summed E-state index contributed by atoms with van der Waals surface area (Å²) in [5, 5.41) is 7.13. The summed E-state index contributed by atoms with van der Waals surface area (Å²) in [5.41, 5.74) is 3.28. The topological polar surface area (TPSA) is 0 Å². The van der Waals surface area contributed by atoms with E-state index < -0.39 is 0 Å². The van der Waals surface area contributed by atoms with E-state index in [-0.39, 0.29) is 65.4 Å². The Morgan fingerprint density at radius 3 is 2.26 bits per heavy atom. The summed E-state index contributed by atoms with van der Waals surface area (Å²) < 4.78 is 0. The third-order valence-electron chi connectivity index (χ3n) is 4.92. The van der Waals surface area contributed by atoms with Gasteiger partial charge in [-0.2, -0.15) is 12.5 Å². The van der Waals surface area contributed by atoms with Crippen LogP contribution < -0.4 is 0 Å². The van der Waals surface area contributed by atoms with Crippen molar-refractivity contribution in [2.75, 3.05) is 0 Å². The van der Waals surface area contributed by atoms with Crippen LogP contribution in [0.3, 0.4) is 0 Å². The molecule has 5 aromatic carbocycles. The second-order valence-electron chi connectivity index (χ2n) is 6.33. The van der Waals surface area contributed by atoms with Crippen molar-refractivity contribution >= 4 is 32.3 Å². The molecule has 2 radical (unpaired) electrons. The number of rotatable bonds is 1. The molecule has 0 N–H and O–H groups in total. The summed E-state index contributed by atoms with van der Waals surface area (Å²) in [4.78, 5) is 0. The van der Waals surface area contributed by atoms with E-state index in [4.69, 9.17) is 0 Å². The first-order valence-corrected chi connectivity index (χ1v) is 8.41. The SMILES string of the molecule is [CH2-]c1c(-c2[c-]ccc3ccccc23)ccc2ccc3ccc[c-]c3c12.[Y].[Y]. The van der Waals surface area contributed by atoms with Crippen molar-refractivity contribution in [3.05, 3.63) is 103 Å². The molecule has 27 heavy (non-hydrogen) atoms. The van der Waals surface area contributed by atoms with Gasteiger partial charge < -0.3 is 0 Å². The van der Waals surface area contributed by atoms with E-state index in [0.717, 1.165) is 22.1 Å². The van der Waals surface area contributed by atoms with Crippen LogP contribution in [0.15, 0.2) is 78.9 Å². The van der Waals surface area contributed by atoms with Gasteiger partial charge in [-0.15, -0.1) is 80.5 Å². The summed E-state index contributed by atoms with van der Waals surface area (Å²) in [6.45, 7) is 4.44. The third kappa shape index (κ3) is 3.54. The molecule has 0 atom stereocenters. The van der Waals surface area contributed by atoms with E-state index in [9.17, 15) is 0 Å². The van der Waals surface area contributed by atoms with Crippen LogP contribution in [-0.4, -0.2) is 0 Å². The van der Waals surface area contributed by atoms with Crippen LogP contribution >= 0.6 is 0 Å². The molecule has 0 unspecified atom stereocenters. The van der Waals surface area contributed by atoms with E-state index in [1.54, 1.807) is 0 Å². The predicted octanol–water partition coefficient (Wildman–Crippen LogP) is 6.59. The summed E-state index contributed by atoms with van der Waals surface area (Å²) in [7, 11) is 0. The minimum atomic E-state index is 0. The Morgan fingerprint density at radius 1 is 0.630 bits per heavy atom. The first-order valence-electron chi connectivity index (χ1n) is 8.41. The van der Waals surface area contributed by atoms with Gasteiger partial charge in [0, 0.05) is 65.4 Å². The van der Waals surface area contributed by atoms with Gasteiger partial charge in [-0.05, 0) is 0 Å². The molecule has 0 aromatic heterocycles. The van der Waals surface area contributed by atoms with Crippen molar-refractivity contribution in [2.24, 2.45) is 0 Å². The molecule has 5 aromatic rings. The Bertz CT molecular complexity index is 1250. The van der Waals surface area contributed by atoms with Gasteiger partial charge in [-0.1, -0.05) is 53.9 Å². The molecule has 0 aliphatic heterocycles. The molecule has 0 heterocycles.